The summed E-state index contributed by atoms with van der Waals surface area (Å²) in [6.45, 7) is 0.276. The molecule has 0 aromatic heterocycles. The molecule has 0 saturated carbocycles. The van der Waals surface area contributed by atoms with Gasteiger partial charge in [0.05, 0.1) is 17.1 Å². The number of rotatable bonds is 5. The van der Waals surface area contributed by atoms with Gasteiger partial charge < -0.3 is 9.84 Å². The molecule has 1 heterocycles. The third-order valence-electron chi connectivity index (χ3n) is 2.91. The summed E-state index contributed by atoms with van der Waals surface area (Å²) in [5, 5.41) is 8.97. The zero-order valence-electron chi connectivity index (χ0n) is 10.5. The maximum absolute atomic E-state index is 11.4. The van der Waals surface area contributed by atoms with Crippen molar-refractivity contribution in [2.75, 3.05) is 13.2 Å². The Balaban J connectivity index is 1.93. The minimum absolute atomic E-state index is 0.0623. The van der Waals surface area contributed by atoms with Crippen molar-refractivity contribution in [1.82, 2.24) is 4.90 Å². The fraction of sp³-hybridized carbons (Fsp3) is 0.308. The van der Waals surface area contributed by atoms with Crippen LogP contribution in [0.4, 0.5) is 0 Å². The van der Waals surface area contributed by atoms with Crippen LogP contribution in [0.2, 0.25) is 5.02 Å². The van der Waals surface area contributed by atoms with Crippen molar-refractivity contribution in [3.05, 3.63) is 28.8 Å². The van der Waals surface area contributed by atoms with Crippen molar-refractivity contribution < 1.29 is 24.2 Å². The van der Waals surface area contributed by atoms with E-state index >= 15 is 0 Å². The molecule has 1 aromatic carbocycles. The van der Waals surface area contributed by atoms with E-state index in [1.54, 1.807) is 0 Å². The van der Waals surface area contributed by atoms with Crippen LogP contribution in [0, 0.1) is 0 Å². The minimum Gasteiger partial charge on any atom is -0.490 e. The SMILES string of the molecule is O=C(O)c1ccc(OCCN2C(=O)CCC2=O)c(Cl)c1. The summed E-state index contributed by atoms with van der Waals surface area (Å²) >= 11 is 5.89. The summed E-state index contributed by atoms with van der Waals surface area (Å²) in [7, 11) is 0. The molecule has 20 heavy (non-hydrogen) atoms. The van der Waals surface area contributed by atoms with Gasteiger partial charge in [0.1, 0.15) is 12.4 Å². The Bertz CT molecular complexity index is 556. The van der Waals surface area contributed by atoms with Gasteiger partial charge in [0.25, 0.3) is 0 Å². The van der Waals surface area contributed by atoms with Crippen LogP contribution in [-0.2, 0) is 9.59 Å². The number of ether oxygens (including phenoxy) is 1. The number of carbonyl (C=O) groups excluding carboxylic acids is 2. The maximum atomic E-state index is 11.4. The Morgan fingerprint density at radius 2 is 1.95 bits per heavy atom. The molecule has 1 fully saturated rings. The zero-order valence-corrected chi connectivity index (χ0v) is 11.2. The van der Waals surface area contributed by atoms with E-state index in [1.165, 1.54) is 18.2 Å². The van der Waals surface area contributed by atoms with Gasteiger partial charge in [-0.05, 0) is 18.2 Å². The van der Waals surface area contributed by atoms with Crippen LogP contribution in [0.1, 0.15) is 23.2 Å². The van der Waals surface area contributed by atoms with Crippen molar-refractivity contribution in [3.63, 3.8) is 0 Å². The Labute approximate surface area is 119 Å². The monoisotopic (exact) mass is 297 g/mol. The fourth-order valence-electron chi connectivity index (χ4n) is 1.87. The van der Waals surface area contributed by atoms with Crippen molar-refractivity contribution in [2.24, 2.45) is 0 Å². The van der Waals surface area contributed by atoms with Gasteiger partial charge in [-0.15, -0.1) is 0 Å². The maximum Gasteiger partial charge on any atom is 0.335 e. The van der Waals surface area contributed by atoms with Crippen molar-refractivity contribution in [3.8, 4) is 5.75 Å². The fourth-order valence-corrected chi connectivity index (χ4v) is 2.11. The van der Waals surface area contributed by atoms with E-state index < -0.39 is 5.97 Å². The predicted molar refractivity (Wildman–Crippen MR) is 69.9 cm³/mol. The molecule has 1 aliphatic heterocycles. The number of carboxylic acid groups (broad SMARTS) is 1. The lowest BCUT2D eigenvalue weighted by Gasteiger charge is -2.14. The molecule has 1 saturated heterocycles. The van der Waals surface area contributed by atoms with Crippen molar-refractivity contribution in [2.45, 2.75) is 12.8 Å². The zero-order chi connectivity index (χ0) is 14.7. The second-order valence-corrected chi connectivity index (χ2v) is 4.65. The van der Waals surface area contributed by atoms with Gasteiger partial charge in [-0.3, -0.25) is 14.5 Å². The molecule has 0 unspecified atom stereocenters. The summed E-state index contributed by atoms with van der Waals surface area (Å²) in [6.07, 6.45) is 0.486. The lowest BCUT2D eigenvalue weighted by molar-refractivity contribution is -0.138. The molecule has 0 spiro atoms. The van der Waals surface area contributed by atoms with Crippen LogP contribution >= 0.6 is 11.6 Å². The predicted octanol–water partition coefficient (Wildman–Crippen LogP) is 1.57. The summed E-state index contributed by atoms with van der Waals surface area (Å²) in [5.74, 6) is -1.17. The van der Waals surface area contributed by atoms with E-state index in [4.69, 9.17) is 21.4 Å². The molecule has 0 bridgehead atoms. The minimum atomic E-state index is -1.08. The molecule has 0 atom stereocenters. The summed E-state index contributed by atoms with van der Waals surface area (Å²) in [5.41, 5.74) is 0.0623. The number of aromatic carboxylic acids is 1. The number of hydrogen-bond donors (Lipinski definition) is 1. The Morgan fingerprint density at radius 3 is 2.50 bits per heavy atom. The van der Waals surface area contributed by atoms with Gasteiger partial charge in [0, 0.05) is 12.8 Å². The number of imide groups is 1. The molecular formula is C13H12ClNO5. The van der Waals surface area contributed by atoms with Crippen LogP contribution in [-0.4, -0.2) is 40.9 Å². The van der Waals surface area contributed by atoms with Gasteiger partial charge in [0.2, 0.25) is 11.8 Å². The number of carboxylic acids is 1. The van der Waals surface area contributed by atoms with Gasteiger partial charge in [-0.1, -0.05) is 11.6 Å². The van der Waals surface area contributed by atoms with E-state index in [1.807, 2.05) is 0 Å². The number of amides is 2. The van der Waals surface area contributed by atoms with Crippen molar-refractivity contribution >= 4 is 29.4 Å². The third kappa shape index (κ3) is 3.08. The van der Waals surface area contributed by atoms with Crippen LogP contribution < -0.4 is 4.74 Å². The third-order valence-corrected chi connectivity index (χ3v) is 3.20. The highest BCUT2D eigenvalue weighted by molar-refractivity contribution is 6.32. The smallest absolute Gasteiger partial charge is 0.335 e. The van der Waals surface area contributed by atoms with E-state index in [9.17, 15) is 14.4 Å². The molecule has 0 radical (unpaired) electrons. The topological polar surface area (TPSA) is 83.9 Å². The normalized spacial score (nSPS) is 14.8. The first kappa shape index (κ1) is 14.3. The van der Waals surface area contributed by atoms with Gasteiger partial charge >= 0.3 is 5.97 Å². The molecule has 106 valence electrons. The molecule has 0 aliphatic carbocycles. The first-order valence-electron chi connectivity index (χ1n) is 5.98. The molecule has 2 rings (SSSR count). The Morgan fingerprint density at radius 1 is 1.30 bits per heavy atom. The number of benzene rings is 1. The average molecular weight is 298 g/mol. The van der Waals surface area contributed by atoms with E-state index in [-0.39, 0.29) is 48.4 Å². The number of hydrogen-bond acceptors (Lipinski definition) is 4. The summed E-state index contributed by atoms with van der Waals surface area (Å²) < 4.78 is 5.36. The molecule has 1 N–H and O–H groups in total. The Kier molecular flexibility index (Phi) is 4.24. The highest BCUT2D eigenvalue weighted by Crippen LogP contribution is 2.25. The lowest BCUT2D eigenvalue weighted by atomic mass is 10.2. The standard InChI is InChI=1S/C13H12ClNO5/c14-9-7-8(13(18)19)1-2-10(9)20-6-5-15-11(16)3-4-12(15)17/h1-2,7H,3-6H2,(H,18,19). The van der Waals surface area contributed by atoms with E-state index in [0.717, 1.165) is 4.90 Å². The summed E-state index contributed by atoms with van der Waals surface area (Å²) in [6, 6.07) is 4.10. The average Bonchev–Trinajstić information content (AvgIpc) is 2.71. The van der Waals surface area contributed by atoms with Crippen LogP contribution in [0.25, 0.3) is 0 Å². The van der Waals surface area contributed by atoms with Crippen LogP contribution in [0.15, 0.2) is 18.2 Å². The summed E-state index contributed by atoms with van der Waals surface area (Å²) in [4.78, 5) is 34.6. The number of nitrogens with zero attached hydrogens (tertiary/aromatic N) is 1. The molecular weight excluding hydrogens is 286 g/mol. The number of likely N-dealkylation sites (tertiary alicyclic amines) is 1. The van der Waals surface area contributed by atoms with Crippen LogP contribution in [0.5, 0.6) is 5.75 Å². The number of halogens is 1. The van der Waals surface area contributed by atoms with E-state index in [2.05, 4.69) is 0 Å². The molecule has 1 aliphatic rings. The second-order valence-electron chi connectivity index (χ2n) is 4.24. The second kappa shape index (κ2) is 5.92. The highest BCUT2D eigenvalue weighted by atomic mass is 35.5. The quantitative estimate of drug-likeness (QED) is 0.834. The van der Waals surface area contributed by atoms with Gasteiger partial charge in [-0.2, -0.15) is 0 Å². The molecule has 1 aromatic rings. The lowest BCUT2D eigenvalue weighted by Crippen LogP contribution is -2.33. The van der Waals surface area contributed by atoms with E-state index in [0.29, 0.717) is 5.75 Å². The Hall–Kier alpha value is -2.08. The number of carbonyl (C=O) groups is 3. The largest absolute Gasteiger partial charge is 0.490 e. The van der Waals surface area contributed by atoms with Gasteiger partial charge in [0.15, 0.2) is 0 Å². The van der Waals surface area contributed by atoms with Crippen LogP contribution in [0.3, 0.4) is 0 Å². The molecule has 2 amide bonds. The van der Waals surface area contributed by atoms with Gasteiger partial charge in [-0.25, -0.2) is 4.79 Å². The molecule has 6 nitrogen and oxygen atoms in total. The highest BCUT2D eigenvalue weighted by Gasteiger charge is 2.28. The first-order chi connectivity index (χ1) is 9.49. The molecule has 7 heteroatoms. The first-order valence-corrected chi connectivity index (χ1v) is 6.35. The van der Waals surface area contributed by atoms with Crippen molar-refractivity contribution in [1.29, 1.82) is 0 Å².